The summed E-state index contributed by atoms with van der Waals surface area (Å²) in [6, 6.07) is 2.51. The first-order chi connectivity index (χ1) is 11.4. The molecule has 0 amide bonds. The molecule has 1 fully saturated rings. The molecule has 3 heterocycles. The molecule has 0 saturated carbocycles. The minimum absolute atomic E-state index is 0.568. The van der Waals surface area contributed by atoms with E-state index in [0.29, 0.717) is 23.2 Å². The van der Waals surface area contributed by atoms with Crippen LogP contribution in [0.5, 0.6) is 0 Å². The summed E-state index contributed by atoms with van der Waals surface area (Å²) in [6.07, 6.45) is -2.58. The monoisotopic (exact) mass is 377 g/mol. The van der Waals surface area contributed by atoms with Crippen LogP contribution in [0.15, 0.2) is 18.3 Å². The molecule has 5 nitrogen and oxygen atoms in total. The van der Waals surface area contributed by atoms with Gasteiger partial charge in [0.15, 0.2) is 0 Å². The third-order valence-corrected chi connectivity index (χ3v) is 4.85. The number of hydrogen-bond donors (Lipinski definition) is 0. The molecular weight excluding hydrogens is 363 g/mol. The molecule has 0 atom stereocenters. The third kappa shape index (κ3) is 4.14. The van der Waals surface area contributed by atoms with Gasteiger partial charge in [0.2, 0.25) is 0 Å². The van der Waals surface area contributed by atoms with Crippen molar-refractivity contribution in [3.63, 3.8) is 0 Å². The van der Waals surface area contributed by atoms with Gasteiger partial charge in [0.1, 0.15) is 15.8 Å². The fraction of sp³-hybridized carbons (Fsp3) is 0.500. The zero-order valence-electron chi connectivity index (χ0n) is 12.6. The zero-order valence-corrected chi connectivity index (χ0v) is 14.2. The molecule has 0 aliphatic carbocycles. The van der Waals surface area contributed by atoms with E-state index in [9.17, 15) is 13.2 Å². The molecule has 1 saturated heterocycles. The molecule has 10 heteroatoms. The van der Waals surface area contributed by atoms with E-state index in [0.717, 1.165) is 55.5 Å². The number of halogens is 4. The normalized spacial score (nSPS) is 17.1. The van der Waals surface area contributed by atoms with Crippen molar-refractivity contribution in [2.45, 2.75) is 19.1 Å². The van der Waals surface area contributed by atoms with Gasteiger partial charge in [-0.1, -0.05) is 16.1 Å². The highest BCUT2D eigenvalue weighted by molar-refractivity contribution is 7.10. The van der Waals surface area contributed by atoms with Gasteiger partial charge in [-0.25, -0.2) is 4.98 Å². The standard InChI is InChI=1S/C14H15ClF3N5S/c15-13-11(20-21-24-13)9-22-4-1-5-23(7-6-22)12-3-2-10(8-19-12)14(16,17)18/h2-3,8H,1,4-7,9H2. The van der Waals surface area contributed by atoms with Crippen molar-refractivity contribution in [2.24, 2.45) is 0 Å². The maximum Gasteiger partial charge on any atom is 0.417 e. The van der Waals surface area contributed by atoms with E-state index < -0.39 is 11.7 Å². The van der Waals surface area contributed by atoms with Crippen molar-refractivity contribution in [1.29, 1.82) is 0 Å². The van der Waals surface area contributed by atoms with Crippen molar-refractivity contribution >= 4 is 29.0 Å². The van der Waals surface area contributed by atoms with Crippen molar-refractivity contribution < 1.29 is 13.2 Å². The van der Waals surface area contributed by atoms with Gasteiger partial charge in [-0.05, 0) is 18.6 Å². The number of alkyl halides is 3. The van der Waals surface area contributed by atoms with Crippen molar-refractivity contribution in [2.75, 3.05) is 31.1 Å². The summed E-state index contributed by atoms with van der Waals surface area (Å²) < 4.78 is 42.2. The van der Waals surface area contributed by atoms with Crippen LogP contribution in [-0.2, 0) is 12.7 Å². The minimum atomic E-state index is -4.36. The van der Waals surface area contributed by atoms with E-state index in [2.05, 4.69) is 19.5 Å². The molecule has 2 aromatic rings. The second-order valence-electron chi connectivity index (χ2n) is 5.51. The molecule has 2 aromatic heterocycles. The smallest absolute Gasteiger partial charge is 0.355 e. The topological polar surface area (TPSA) is 45.2 Å². The van der Waals surface area contributed by atoms with Crippen LogP contribution in [0.3, 0.4) is 0 Å². The number of aromatic nitrogens is 3. The average molecular weight is 378 g/mol. The Morgan fingerprint density at radius 1 is 1.17 bits per heavy atom. The predicted octanol–water partition coefficient (Wildman–Crippen LogP) is 3.32. The molecular formula is C14H15ClF3N5S. The molecule has 0 unspecified atom stereocenters. The number of anilines is 1. The van der Waals surface area contributed by atoms with Gasteiger partial charge in [-0.2, -0.15) is 13.2 Å². The van der Waals surface area contributed by atoms with Gasteiger partial charge in [-0.3, -0.25) is 4.90 Å². The lowest BCUT2D eigenvalue weighted by Crippen LogP contribution is -2.31. The van der Waals surface area contributed by atoms with Gasteiger partial charge in [-0.15, -0.1) is 5.10 Å². The minimum Gasteiger partial charge on any atom is -0.355 e. The van der Waals surface area contributed by atoms with E-state index in [4.69, 9.17) is 11.6 Å². The SMILES string of the molecule is FC(F)(F)c1ccc(N2CCCN(Cc3nnsc3Cl)CC2)nc1. The molecule has 130 valence electrons. The lowest BCUT2D eigenvalue weighted by Gasteiger charge is -2.22. The Balaban J connectivity index is 1.62. The first-order valence-corrected chi connectivity index (χ1v) is 8.56. The number of rotatable bonds is 3. The molecule has 0 aromatic carbocycles. The molecule has 1 aliphatic rings. The van der Waals surface area contributed by atoms with Crippen LogP contribution >= 0.6 is 23.1 Å². The number of pyridine rings is 1. The number of hydrogen-bond acceptors (Lipinski definition) is 6. The summed E-state index contributed by atoms with van der Waals surface area (Å²) in [4.78, 5) is 8.19. The number of nitrogens with zero attached hydrogens (tertiary/aromatic N) is 5. The molecule has 0 radical (unpaired) electrons. The van der Waals surface area contributed by atoms with E-state index in [-0.39, 0.29) is 0 Å². The summed E-state index contributed by atoms with van der Waals surface area (Å²) in [7, 11) is 0. The first-order valence-electron chi connectivity index (χ1n) is 7.41. The molecule has 0 N–H and O–H groups in total. The van der Waals surface area contributed by atoms with Gasteiger partial charge >= 0.3 is 6.18 Å². The fourth-order valence-corrected chi connectivity index (χ4v) is 3.21. The Hall–Kier alpha value is -1.45. The highest BCUT2D eigenvalue weighted by Crippen LogP contribution is 2.29. The second kappa shape index (κ2) is 7.20. The van der Waals surface area contributed by atoms with E-state index >= 15 is 0 Å². The first kappa shape index (κ1) is 17.4. The van der Waals surface area contributed by atoms with Crippen LogP contribution in [0.25, 0.3) is 0 Å². The van der Waals surface area contributed by atoms with E-state index in [1.165, 1.54) is 6.07 Å². The Kier molecular flexibility index (Phi) is 5.21. The van der Waals surface area contributed by atoms with Crippen LogP contribution < -0.4 is 4.90 Å². The predicted molar refractivity (Wildman–Crippen MR) is 86.3 cm³/mol. The average Bonchev–Trinajstić information content (AvgIpc) is 2.81. The lowest BCUT2D eigenvalue weighted by atomic mass is 10.2. The Morgan fingerprint density at radius 3 is 2.62 bits per heavy atom. The van der Waals surface area contributed by atoms with Crippen molar-refractivity contribution in [3.05, 3.63) is 33.9 Å². The van der Waals surface area contributed by atoms with Gasteiger partial charge in [0, 0.05) is 50.5 Å². The van der Waals surface area contributed by atoms with Crippen LogP contribution in [0, 0.1) is 0 Å². The van der Waals surface area contributed by atoms with Gasteiger partial charge < -0.3 is 4.90 Å². The van der Waals surface area contributed by atoms with Crippen molar-refractivity contribution in [1.82, 2.24) is 19.5 Å². The maximum absolute atomic E-state index is 12.6. The Morgan fingerprint density at radius 2 is 2.00 bits per heavy atom. The molecule has 0 bridgehead atoms. The lowest BCUT2D eigenvalue weighted by molar-refractivity contribution is -0.137. The van der Waals surface area contributed by atoms with Gasteiger partial charge in [0.25, 0.3) is 0 Å². The summed E-state index contributed by atoms with van der Waals surface area (Å²) in [5.41, 5.74) is 0.0381. The molecule has 1 aliphatic heterocycles. The Labute approximate surface area is 146 Å². The highest BCUT2D eigenvalue weighted by Gasteiger charge is 2.31. The van der Waals surface area contributed by atoms with Crippen LogP contribution in [0.1, 0.15) is 17.7 Å². The maximum atomic E-state index is 12.6. The molecule has 24 heavy (non-hydrogen) atoms. The van der Waals surface area contributed by atoms with Crippen LogP contribution in [0.2, 0.25) is 4.34 Å². The second-order valence-corrected chi connectivity index (χ2v) is 6.87. The summed E-state index contributed by atoms with van der Waals surface area (Å²) in [5, 5.41) is 4.01. The van der Waals surface area contributed by atoms with Crippen LogP contribution in [-0.4, -0.2) is 45.6 Å². The Bertz CT molecular complexity index is 676. The molecule has 3 rings (SSSR count). The summed E-state index contributed by atoms with van der Waals surface area (Å²) >= 11 is 7.19. The summed E-state index contributed by atoms with van der Waals surface area (Å²) in [5.74, 6) is 0.568. The largest absolute Gasteiger partial charge is 0.417 e. The van der Waals surface area contributed by atoms with Gasteiger partial charge in [0.05, 0.1) is 5.56 Å². The van der Waals surface area contributed by atoms with Crippen LogP contribution in [0.4, 0.5) is 19.0 Å². The zero-order chi connectivity index (χ0) is 17.2. The van der Waals surface area contributed by atoms with Crippen molar-refractivity contribution in [3.8, 4) is 0 Å². The van der Waals surface area contributed by atoms with E-state index in [1.54, 1.807) is 0 Å². The fourth-order valence-electron chi connectivity index (χ4n) is 2.60. The quantitative estimate of drug-likeness (QED) is 0.821. The van der Waals surface area contributed by atoms with E-state index in [1.807, 2.05) is 4.90 Å². The molecule has 0 spiro atoms. The third-order valence-electron chi connectivity index (χ3n) is 3.87. The highest BCUT2D eigenvalue weighted by atomic mass is 35.5. The summed E-state index contributed by atoms with van der Waals surface area (Å²) in [6.45, 7) is 3.69.